The Morgan fingerprint density at radius 2 is 2.10 bits per heavy atom. The van der Waals surface area contributed by atoms with Gasteiger partial charge in [-0.3, -0.25) is 0 Å². The number of hydrogen-bond donors (Lipinski definition) is 1. The predicted octanol–water partition coefficient (Wildman–Crippen LogP) is 2.50. The number of aliphatic hydroxyl groups is 1. The van der Waals surface area contributed by atoms with E-state index in [9.17, 15) is 5.11 Å². The summed E-state index contributed by atoms with van der Waals surface area (Å²) in [5, 5.41) is 10.4. The zero-order chi connectivity index (χ0) is 7.72. The van der Waals surface area contributed by atoms with Crippen LogP contribution in [0.25, 0.3) is 0 Å². The smallest absolute Gasteiger partial charge is 0.0775 e. The van der Waals surface area contributed by atoms with Gasteiger partial charge in [0.1, 0.15) is 0 Å². The van der Waals surface area contributed by atoms with Crippen molar-refractivity contribution in [1.29, 1.82) is 0 Å². The quantitative estimate of drug-likeness (QED) is 0.577. The Balaban J connectivity index is 2.84. The van der Waals surface area contributed by atoms with E-state index in [0.29, 0.717) is 0 Å². The average Bonchev–Trinajstić information content (AvgIpc) is 2.14. The highest BCUT2D eigenvalue weighted by atomic mass is 31.1. The first-order chi connectivity index (χ1) is 4.63. The van der Waals surface area contributed by atoms with Crippen LogP contribution in [0.3, 0.4) is 0 Å². The van der Waals surface area contributed by atoms with Crippen LogP contribution in [-0.4, -0.2) is 11.2 Å². The van der Waals surface area contributed by atoms with Crippen LogP contribution in [0.5, 0.6) is 0 Å². The standard InChI is InChI=1S/C8H12OP/c1-5-4-10-8(6(5)2)7(3)9/h4,7,9H,1-3H3. The van der Waals surface area contributed by atoms with Gasteiger partial charge < -0.3 is 5.11 Å². The molecule has 0 bridgehead atoms. The van der Waals surface area contributed by atoms with Gasteiger partial charge in [0.2, 0.25) is 0 Å². The van der Waals surface area contributed by atoms with Gasteiger partial charge >= 0.3 is 0 Å². The van der Waals surface area contributed by atoms with Gasteiger partial charge in [-0.05, 0) is 51.6 Å². The molecule has 0 aromatic heterocycles. The second-order valence-corrected chi connectivity index (χ2v) is 3.63. The molecule has 1 atom stereocenters. The topological polar surface area (TPSA) is 20.2 Å². The Morgan fingerprint density at radius 1 is 1.50 bits per heavy atom. The Hall–Kier alpha value is -0.130. The molecular formula is C8H12OP. The molecule has 1 heterocycles. The van der Waals surface area contributed by atoms with E-state index in [0.717, 1.165) is 5.31 Å². The monoisotopic (exact) mass is 155 g/mol. The van der Waals surface area contributed by atoms with Crippen molar-refractivity contribution in [1.82, 2.24) is 0 Å². The summed E-state index contributed by atoms with van der Waals surface area (Å²) < 4.78 is 0. The summed E-state index contributed by atoms with van der Waals surface area (Å²) >= 11 is 0. The molecule has 2 heteroatoms. The van der Waals surface area contributed by atoms with Crippen LogP contribution in [-0.2, 0) is 0 Å². The van der Waals surface area contributed by atoms with Crippen LogP contribution in [0, 0.1) is 0 Å². The van der Waals surface area contributed by atoms with Crippen LogP contribution < -0.4 is 0 Å². The van der Waals surface area contributed by atoms with Crippen LogP contribution in [0.15, 0.2) is 22.3 Å². The Labute approximate surface area is 63.6 Å². The maximum absolute atomic E-state index is 9.24. The fraction of sp³-hybridized carbons (Fsp3) is 0.500. The van der Waals surface area contributed by atoms with Crippen molar-refractivity contribution < 1.29 is 5.11 Å². The third-order valence-corrected chi connectivity index (χ3v) is 3.27. The predicted molar refractivity (Wildman–Crippen MR) is 45.1 cm³/mol. The lowest BCUT2D eigenvalue weighted by Crippen LogP contribution is -2.00. The summed E-state index contributed by atoms with van der Waals surface area (Å²) in [7, 11) is 1.17. The molecular weight excluding hydrogens is 143 g/mol. The maximum atomic E-state index is 9.24. The molecule has 1 unspecified atom stereocenters. The van der Waals surface area contributed by atoms with E-state index >= 15 is 0 Å². The first-order valence-electron chi connectivity index (χ1n) is 3.39. The Bertz CT molecular complexity index is 201. The zero-order valence-electron chi connectivity index (χ0n) is 6.55. The summed E-state index contributed by atoms with van der Waals surface area (Å²) in [6.07, 6.45) is -0.282. The lowest BCUT2D eigenvalue weighted by molar-refractivity contribution is 0.239. The molecule has 0 saturated heterocycles. The highest BCUT2D eigenvalue weighted by Gasteiger charge is 2.14. The minimum absolute atomic E-state index is 0.282. The average molecular weight is 155 g/mol. The molecule has 10 heavy (non-hydrogen) atoms. The fourth-order valence-corrected chi connectivity index (χ4v) is 2.10. The minimum Gasteiger partial charge on any atom is -0.389 e. The summed E-state index contributed by atoms with van der Waals surface area (Å²) in [4.78, 5) is 0. The van der Waals surface area contributed by atoms with Crippen LogP contribution in [0.1, 0.15) is 20.8 Å². The van der Waals surface area contributed by atoms with Crippen LogP contribution >= 0.6 is 8.58 Å². The van der Waals surface area contributed by atoms with E-state index < -0.39 is 0 Å². The van der Waals surface area contributed by atoms with Gasteiger partial charge in [0.25, 0.3) is 0 Å². The maximum Gasteiger partial charge on any atom is 0.0775 e. The van der Waals surface area contributed by atoms with Crippen molar-refractivity contribution in [2.75, 3.05) is 0 Å². The lowest BCUT2D eigenvalue weighted by atomic mass is 10.1. The van der Waals surface area contributed by atoms with Gasteiger partial charge in [-0.25, -0.2) is 0 Å². The molecule has 1 rings (SSSR count). The summed E-state index contributed by atoms with van der Waals surface area (Å²) in [5.74, 6) is 2.14. The van der Waals surface area contributed by atoms with Crippen molar-refractivity contribution in [2.45, 2.75) is 26.9 Å². The van der Waals surface area contributed by atoms with Gasteiger partial charge in [-0.1, -0.05) is 0 Å². The summed E-state index contributed by atoms with van der Waals surface area (Å²) in [6, 6.07) is 0. The summed E-state index contributed by atoms with van der Waals surface area (Å²) in [6.45, 7) is 5.96. The molecule has 0 fully saturated rings. The Kier molecular flexibility index (Phi) is 2.28. The normalized spacial score (nSPS) is 23.8. The molecule has 0 amide bonds. The van der Waals surface area contributed by atoms with E-state index in [1.165, 1.54) is 19.7 Å². The third kappa shape index (κ3) is 1.31. The summed E-state index contributed by atoms with van der Waals surface area (Å²) in [5.41, 5.74) is 2.56. The van der Waals surface area contributed by atoms with E-state index in [4.69, 9.17) is 0 Å². The second-order valence-electron chi connectivity index (χ2n) is 2.63. The second kappa shape index (κ2) is 2.86. The molecule has 0 saturated carbocycles. The van der Waals surface area contributed by atoms with Crippen molar-refractivity contribution in [3.8, 4) is 0 Å². The van der Waals surface area contributed by atoms with Gasteiger partial charge in [-0.15, -0.1) is 0 Å². The highest BCUT2D eigenvalue weighted by molar-refractivity contribution is 7.47. The number of aliphatic hydroxyl groups excluding tert-OH is 1. The molecule has 0 spiro atoms. The Morgan fingerprint density at radius 3 is 2.30 bits per heavy atom. The fourth-order valence-electron chi connectivity index (χ4n) is 0.983. The van der Waals surface area contributed by atoms with E-state index in [-0.39, 0.29) is 6.10 Å². The van der Waals surface area contributed by atoms with Crippen LogP contribution in [0.4, 0.5) is 0 Å². The number of allylic oxidation sites excluding steroid dienone is 2. The third-order valence-electron chi connectivity index (χ3n) is 1.77. The van der Waals surface area contributed by atoms with Gasteiger partial charge in [0.15, 0.2) is 0 Å². The van der Waals surface area contributed by atoms with Crippen LogP contribution in [0.2, 0.25) is 0 Å². The highest BCUT2D eigenvalue weighted by Crippen LogP contribution is 2.41. The minimum atomic E-state index is -0.282. The van der Waals surface area contributed by atoms with Crippen molar-refractivity contribution >= 4 is 8.58 Å². The van der Waals surface area contributed by atoms with Gasteiger partial charge in [0, 0.05) is 0 Å². The lowest BCUT2D eigenvalue weighted by Gasteiger charge is -2.05. The molecule has 1 aliphatic rings. The molecule has 1 radical (unpaired) electrons. The van der Waals surface area contributed by atoms with Gasteiger partial charge in [-0.2, -0.15) is 0 Å². The zero-order valence-corrected chi connectivity index (χ0v) is 7.44. The number of rotatable bonds is 1. The molecule has 1 nitrogen and oxygen atoms in total. The van der Waals surface area contributed by atoms with Gasteiger partial charge in [0.05, 0.1) is 6.10 Å². The molecule has 1 N–H and O–H groups in total. The molecule has 0 aromatic rings. The van der Waals surface area contributed by atoms with E-state index in [1.807, 2.05) is 6.92 Å². The van der Waals surface area contributed by atoms with E-state index in [1.54, 1.807) is 0 Å². The molecule has 55 valence electrons. The van der Waals surface area contributed by atoms with E-state index in [2.05, 4.69) is 19.7 Å². The first-order valence-corrected chi connectivity index (χ1v) is 4.36. The molecule has 0 aromatic carbocycles. The number of hydrogen-bond acceptors (Lipinski definition) is 1. The molecule has 0 aliphatic carbocycles. The van der Waals surface area contributed by atoms with Crippen molar-refractivity contribution in [2.24, 2.45) is 0 Å². The first kappa shape index (κ1) is 7.97. The SMILES string of the molecule is CC1=C[P]C(C(C)O)=C1C. The van der Waals surface area contributed by atoms with Crippen molar-refractivity contribution in [3.05, 3.63) is 22.3 Å². The largest absolute Gasteiger partial charge is 0.389 e. The van der Waals surface area contributed by atoms with Crippen molar-refractivity contribution in [3.63, 3.8) is 0 Å². The molecule has 1 aliphatic heterocycles.